The average Bonchev–Trinajstić information content (AvgIpc) is 3.04. The molecule has 1 unspecified atom stereocenters. The summed E-state index contributed by atoms with van der Waals surface area (Å²) in [6, 6.07) is 2.00. The van der Waals surface area contributed by atoms with Gasteiger partial charge in [0, 0.05) is 40.4 Å². The van der Waals surface area contributed by atoms with Crippen LogP contribution in [0.15, 0.2) is 20.9 Å². The first kappa shape index (κ1) is 18.5. The van der Waals surface area contributed by atoms with Crippen molar-refractivity contribution in [3.63, 3.8) is 0 Å². The first-order valence-electron chi connectivity index (χ1n) is 7.42. The molecule has 1 aliphatic heterocycles. The maximum absolute atomic E-state index is 12.4. The van der Waals surface area contributed by atoms with Gasteiger partial charge in [-0.1, -0.05) is 0 Å². The number of halogens is 4. The average molecular weight is 413 g/mol. The number of aliphatic imine (C=N–C) groups is 1. The Morgan fingerprint density at radius 3 is 2.91 bits per heavy atom. The Hall–Kier alpha value is -0.800. The molecule has 0 bridgehead atoms. The van der Waals surface area contributed by atoms with Crippen molar-refractivity contribution in [1.82, 2.24) is 15.5 Å². The number of nitrogens with zero attached hydrogens (tertiary/aromatic N) is 2. The fourth-order valence-electron chi connectivity index (χ4n) is 2.45. The van der Waals surface area contributed by atoms with Gasteiger partial charge in [-0.15, -0.1) is 11.3 Å². The van der Waals surface area contributed by atoms with Crippen molar-refractivity contribution in [1.29, 1.82) is 0 Å². The highest BCUT2D eigenvalue weighted by atomic mass is 79.9. The second-order valence-corrected chi connectivity index (χ2v) is 7.32. The van der Waals surface area contributed by atoms with Gasteiger partial charge in [0.05, 0.1) is 13.1 Å². The van der Waals surface area contributed by atoms with Gasteiger partial charge in [-0.05, 0) is 35.3 Å². The molecule has 1 saturated heterocycles. The quantitative estimate of drug-likeness (QED) is 0.576. The largest absolute Gasteiger partial charge is 0.401 e. The molecule has 0 spiro atoms. The zero-order valence-electron chi connectivity index (χ0n) is 12.8. The van der Waals surface area contributed by atoms with Crippen molar-refractivity contribution in [2.75, 3.05) is 26.2 Å². The number of likely N-dealkylation sites (tertiary alicyclic amines) is 1. The Morgan fingerprint density at radius 1 is 1.52 bits per heavy atom. The highest BCUT2D eigenvalue weighted by Gasteiger charge is 2.34. The summed E-state index contributed by atoms with van der Waals surface area (Å²) in [5.74, 6) is 0.649. The van der Waals surface area contributed by atoms with Crippen LogP contribution in [-0.4, -0.2) is 49.3 Å². The molecule has 0 radical (unpaired) electrons. The van der Waals surface area contributed by atoms with Crippen LogP contribution in [0.5, 0.6) is 0 Å². The number of hydrogen-bond acceptors (Lipinski definition) is 3. The molecule has 0 amide bonds. The zero-order valence-corrected chi connectivity index (χ0v) is 15.2. The van der Waals surface area contributed by atoms with Gasteiger partial charge in [0.25, 0.3) is 0 Å². The first-order chi connectivity index (χ1) is 10.9. The van der Waals surface area contributed by atoms with Crippen LogP contribution < -0.4 is 10.6 Å². The Balaban J connectivity index is 1.87. The number of rotatable bonds is 5. The van der Waals surface area contributed by atoms with E-state index < -0.39 is 12.7 Å². The predicted octanol–water partition coefficient (Wildman–Crippen LogP) is 3.20. The lowest BCUT2D eigenvalue weighted by atomic mass is 10.3. The molecule has 0 aromatic carbocycles. The van der Waals surface area contributed by atoms with Gasteiger partial charge in [0.1, 0.15) is 0 Å². The highest BCUT2D eigenvalue weighted by Crippen LogP contribution is 2.21. The molecule has 1 aliphatic rings. The molecule has 0 aliphatic carbocycles. The van der Waals surface area contributed by atoms with Gasteiger partial charge in [0.15, 0.2) is 5.96 Å². The summed E-state index contributed by atoms with van der Waals surface area (Å²) in [7, 11) is 0. The molecule has 2 heterocycles. The number of alkyl halides is 3. The van der Waals surface area contributed by atoms with Crippen molar-refractivity contribution in [2.24, 2.45) is 4.99 Å². The molecular formula is C14H20BrF3N4S. The third-order valence-electron chi connectivity index (χ3n) is 3.38. The van der Waals surface area contributed by atoms with Crippen LogP contribution in [0.25, 0.3) is 0 Å². The van der Waals surface area contributed by atoms with Gasteiger partial charge >= 0.3 is 6.18 Å². The Kier molecular flexibility index (Phi) is 6.72. The van der Waals surface area contributed by atoms with Crippen molar-refractivity contribution in [3.8, 4) is 0 Å². The number of nitrogens with one attached hydrogen (secondary N) is 2. The smallest absolute Gasteiger partial charge is 0.357 e. The molecule has 1 atom stereocenters. The minimum absolute atomic E-state index is 0.00905. The van der Waals surface area contributed by atoms with Gasteiger partial charge in [-0.3, -0.25) is 4.90 Å². The van der Waals surface area contributed by atoms with E-state index in [1.165, 1.54) is 4.90 Å². The van der Waals surface area contributed by atoms with Crippen LogP contribution >= 0.6 is 27.3 Å². The molecule has 1 aromatic heterocycles. The third-order valence-corrected chi connectivity index (χ3v) is 5.06. The maximum atomic E-state index is 12.4. The molecule has 23 heavy (non-hydrogen) atoms. The highest BCUT2D eigenvalue weighted by molar-refractivity contribution is 9.10. The molecule has 130 valence electrons. The summed E-state index contributed by atoms with van der Waals surface area (Å²) in [6.07, 6.45) is -3.45. The van der Waals surface area contributed by atoms with Crippen molar-refractivity contribution in [3.05, 3.63) is 20.8 Å². The zero-order chi connectivity index (χ0) is 16.9. The second kappa shape index (κ2) is 8.34. The molecule has 0 saturated carbocycles. The molecule has 2 rings (SSSR count). The molecule has 2 N–H and O–H groups in total. The van der Waals surface area contributed by atoms with Crippen molar-refractivity contribution in [2.45, 2.75) is 32.1 Å². The lowest BCUT2D eigenvalue weighted by molar-refractivity contribution is -0.143. The summed E-state index contributed by atoms with van der Waals surface area (Å²) in [4.78, 5) is 7.06. The minimum Gasteiger partial charge on any atom is -0.357 e. The summed E-state index contributed by atoms with van der Waals surface area (Å²) in [5, 5.41) is 8.37. The fourth-order valence-corrected chi connectivity index (χ4v) is 3.83. The normalized spacial score (nSPS) is 20.0. The molecule has 4 nitrogen and oxygen atoms in total. The Labute approximate surface area is 146 Å². The van der Waals surface area contributed by atoms with Gasteiger partial charge in [0.2, 0.25) is 0 Å². The van der Waals surface area contributed by atoms with E-state index in [1.807, 2.05) is 18.4 Å². The van der Waals surface area contributed by atoms with Crippen LogP contribution in [-0.2, 0) is 6.54 Å². The van der Waals surface area contributed by atoms with E-state index in [-0.39, 0.29) is 6.04 Å². The van der Waals surface area contributed by atoms with E-state index in [0.717, 1.165) is 9.35 Å². The fraction of sp³-hybridized carbons (Fsp3) is 0.643. The summed E-state index contributed by atoms with van der Waals surface area (Å²) in [5.41, 5.74) is 0. The van der Waals surface area contributed by atoms with Crippen LogP contribution in [0.3, 0.4) is 0 Å². The summed E-state index contributed by atoms with van der Waals surface area (Å²) < 4.78 is 38.3. The van der Waals surface area contributed by atoms with Crippen LogP contribution in [0.4, 0.5) is 13.2 Å². The van der Waals surface area contributed by atoms with Crippen LogP contribution in [0.2, 0.25) is 0 Å². The van der Waals surface area contributed by atoms with E-state index >= 15 is 0 Å². The molecule has 9 heteroatoms. The maximum Gasteiger partial charge on any atom is 0.401 e. The van der Waals surface area contributed by atoms with E-state index in [0.29, 0.717) is 38.6 Å². The summed E-state index contributed by atoms with van der Waals surface area (Å²) in [6.45, 7) is 3.21. The lowest BCUT2D eigenvalue weighted by Crippen LogP contribution is -2.45. The predicted molar refractivity (Wildman–Crippen MR) is 90.9 cm³/mol. The lowest BCUT2D eigenvalue weighted by Gasteiger charge is -2.19. The van der Waals surface area contributed by atoms with Crippen LogP contribution in [0, 0.1) is 0 Å². The van der Waals surface area contributed by atoms with E-state index in [2.05, 4.69) is 31.6 Å². The second-order valence-electron chi connectivity index (χ2n) is 5.41. The van der Waals surface area contributed by atoms with E-state index in [1.54, 1.807) is 11.3 Å². The molecular weight excluding hydrogens is 393 g/mol. The molecule has 1 fully saturated rings. The van der Waals surface area contributed by atoms with E-state index in [4.69, 9.17) is 0 Å². The first-order valence-corrected chi connectivity index (χ1v) is 9.10. The standard InChI is InChI=1S/C14H20BrF3N4S/c1-2-19-13(20-6-12-5-10(15)8-23-12)21-11-3-4-22(7-11)9-14(16,17)18/h5,8,11H,2-4,6-7,9H2,1H3,(H2,19,20,21). The summed E-state index contributed by atoms with van der Waals surface area (Å²) >= 11 is 5.02. The Bertz CT molecular complexity index is 532. The Morgan fingerprint density at radius 2 is 2.30 bits per heavy atom. The number of guanidine groups is 1. The molecule has 1 aromatic rings. The topological polar surface area (TPSA) is 39.7 Å². The number of thiophene rings is 1. The van der Waals surface area contributed by atoms with Gasteiger partial charge in [-0.25, -0.2) is 4.99 Å². The van der Waals surface area contributed by atoms with Crippen molar-refractivity contribution >= 4 is 33.2 Å². The van der Waals surface area contributed by atoms with Gasteiger partial charge < -0.3 is 10.6 Å². The number of hydrogen-bond donors (Lipinski definition) is 2. The third kappa shape index (κ3) is 6.68. The van der Waals surface area contributed by atoms with E-state index in [9.17, 15) is 13.2 Å². The minimum atomic E-state index is -4.14. The van der Waals surface area contributed by atoms with Crippen LogP contribution in [0.1, 0.15) is 18.2 Å². The monoisotopic (exact) mass is 412 g/mol. The van der Waals surface area contributed by atoms with Crippen molar-refractivity contribution < 1.29 is 13.2 Å². The van der Waals surface area contributed by atoms with Gasteiger partial charge in [-0.2, -0.15) is 13.2 Å². The SMILES string of the molecule is CCNC(=NCc1cc(Br)cs1)NC1CCN(CC(F)(F)F)C1.